The highest BCUT2D eigenvalue weighted by molar-refractivity contribution is 7.46. The lowest BCUT2D eigenvalue weighted by Crippen LogP contribution is -2.48. The number of rotatable bonds is 7. The molecule has 0 aromatic carbocycles. The van der Waals surface area contributed by atoms with Gasteiger partial charge in [-0.1, -0.05) is 0 Å². The summed E-state index contributed by atoms with van der Waals surface area (Å²) in [5, 5.41) is 6.30. The Morgan fingerprint density at radius 2 is 2.19 bits per heavy atom. The third-order valence-corrected chi connectivity index (χ3v) is 6.83. The number of aromatic amines is 1. The van der Waals surface area contributed by atoms with Crippen LogP contribution in [0.2, 0.25) is 0 Å². The predicted octanol–water partition coefficient (Wildman–Crippen LogP) is 2.26. The van der Waals surface area contributed by atoms with Crippen molar-refractivity contribution in [2.75, 3.05) is 24.8 Å². The molecule has 0 amide bonds. The van der Waals surface area contributed by atoms with Gasteiger partial charge in [0, 0.05) is 42.6 Å². The van der Waals surface area contributed by atoms with Crippen LogP contribution in [0.3, 0.4) is 0 Å². The summed E-state index contributed by atoms with van der Waals surface area (Å²) in [6.07, 6.45) is 7.85. The third-order valence-electron chi connectivity index (χ3n) is 6.44. The minimum absolute atomic E-state index is 0.141. The summed E-state index contributed by atoms with van der Waals surface area (Å²) < 4.78 is 38.3. The number of aromatic nitrogens is 6. The summed E-state index contributed by atoms with van der Waals surface area (Å²) in [7, 11) is -4.87. The van der Waals surface area contributed by atoms with E-state index in [2.05, 4.69) is 25.0 Å². The molecule has 1 saturated heterocycles. The second-order valence-electron chi connectivity index (χ2n) is 8.61. The molecule has 0 spiro atoms. The molecule has 4 aromatic rings. The van der Waals surface area contributed by atoms with Gasteiger partial charge in [0.25, 0.3) is 6.35 Å². The number of anilines is 1. The maximum absolute atomic E-state index is 14.3. The zero-order valence-electron chi connectivity index (χ0n) is 18.8. The normalized spacial score (nSPS) is 21.1. The fraction of sp³-hybridized carbons (Fsp3) is 0.333. The molecule has 3 atom stereocenters. The van der Waals surface area contributed by atoms with Crippen LogP contribution in [-0.2, 0) is 9.19 Å². The van der Waals surface area contributed by atoms with Crippen molar-refractivity contribution >= 4 is 24.5 Å². The molecule has 6 heterocycles. The first kappa shape index (κ1) is 23.0. The Morgan fingerprint density at radius 3 is 3.03 bits per heavy atom. The molecular weight excluding hydrogens is 494 g/mol. The molecule has 2 aliphatic rings. The number of pyridine rings is 1. The van der Waals surface area contributed by atoms with Crippen molar-refractivity contribution in [3.05, 3.63) is 49.3 Å². The van der Waals surface area contributed by atoms with Crippen molar-refractivity contribution in [1.82, 2.24) is 34.6 Å². The Balaban J connectivity index is 1.22. The largest absolute Gasteiger partial charge is 0.491 e. The van der Waals surface area contributed by atoms with E-state index in [9.17, 15) is 18.7 Å². The number of fused-ring (bicyclic) bond motifs is 2. The molecular formula is C21H22FN8O5P. The van der Waals surface area contributed by atoms with E-state index >= 15 is 0 Å². The first-order chi connectivity index (χ1) is 17.4. The van der Waals surface area contributed by atoms with Gasteiger partial charge in [-0.05, 0) is 30.5 Å². The van der Waals surface area contributed by atoms with E-state index in [-0.39, 0.29) is 11.8 Å². The van der Waals surface area contributed by atoms with Crippen LogP contribution in [0.5, 0.6) is 5.88 Å². The number of likely N-dealkylation sites (tertiary alicyclic amines) is 1. The van der Waals surface area contributed by atoms with Crippen LogP contribution in [-0.4, -0.2) is 70.5 Å². The molecule has 4 aromatic heterocycles. The van der Waals surface area contributed by atoms with E-state index in [1.807, 2.05) is 11.0 Å². The lowest BCUT2D eigenvalue weighted by atomic mass is 10.0. The van der Waals surface area contributed by atoms with Crippen LogP contribution in [0.25, 0.3) is 22.3 Å². The third kappa shape index (κ3) is 4.12. The maximum atomic E-state index is 14.3. The summed E-state index contributed by atoms with van der Waals surface area (Å²) in [6.45, 7) is 0.239. The van der Waals surface area contributed by atoms with Crippen LogP contribution in [0, 0.1) is 5.92 Å². The Morgan fingerprint density at radius 1 is 1.31 bits per heavy atom. The number of alkyl halides is 1. The number of nitrogens with zero attached hydrogens (tertiary/aromatic N) is 7. The van der Waals surface area contributed by atoms with Gasteiger partial charge >= 0.3 is 7.82 Å². The number of hydrogen-bond acceptors (Lipinski definition) is 9. The molecule has 36 heavy (non-hydrogen) atoms. The number of nitrogens with one attached hydrogen (secondary N) is 1. The number of H-pyrrole nitrogens is 1. The quantitative estimate of drug-likeness (QED) is 0.310. The van der Waals surface area contributed by atoms with Crippen molar-refractivity contribution in [3.63, 3.8) is 0 Å². The number of phosphoric acid groups is 1. The Labute approximate surface area is 203 Å². The lowest BCUT2D eigenvalue weighted by molar-refractivity contribution is -0.00755. The Hall–Kier alpha value is -3.42. The van der Waals surface area contributed by atoms with Gasteiger partial charge in [0.15, 0.2) is 0 Å². The predicted molar refractivity (Wildman–Crippen MR) is 124 cm³/mol. The van der Waals surface area contributed by atoms with Crippen LogP contribution in [0.1, 0.15) is 12.5 Å². The van der Waals surface area contributed by atoms with Gasteiger partial charge in [-0.2, -0.15) is 14.8 Å². The van der Waals surface area contributed by atoms with Gasteiger partial charge in [-0.15, -0.1) is 0 Å². The van der Waals surface area contributed by atoms with Crippen LogP contribution in [0.4, 0.5) is 10.1 Å². The first-order valence-corrected chi connectivity index (χ1v) is 12.7. The molecule has 0 radical (unpaired) electrons. The maximum Gasteiger partial charge on any atom is 0.491 e. The molecule has 0 aliphatic carbocycles. The summed E-state index contributed by atoms with van der Waals surface area (Å²) in [6, 6.07) is 4.53. The second-order valence-corrected chi connectivity index (χ2v) is 9.75. The van der Waals surface area contributed by atoms with Crippen molar-refractivity contribution < 1.29 is 28.1 Å². The molecule has 0 saturated carbocycles. The van der Waals surface area contributed by atoms with Gasteiger partial charge in [-0.25, -0.2) is 28.8 Å². The highest BCUT2D eigenvalue weighted by Gasteiger charge is 2.44. The lowest BCUT2D eigenvalue weighted by Gasteiger charge is -2.30. The number of halogens is 1. The fourth-order valence-corrected chi connectivity index (χ4v) is 5.21. The standard InChI is InChI=1S/C21H22FN8O5P/c22-8-17(29-11-14(9-27-29)18-15-3-6-23-19(15)26-12-25-18)13-4-7-28(10-13)21-30(35-36(31,32)33)16-2-1-5-24-20(16)34-21/h1-3,5-6,9,11-13,17,21H,4,7-8,10H2,(H,23,25,26)(H2,31,32,33). The van der Waals surface area contributed by atoms with E-state index < -0.39 is 26.9 Å². The topological polar surface area (TPSA) is 155 Å². The molecule has 3 N–H and O–H groups in total. The van der Waals surface area contributed by atoms with Crippen LogP contribution in [0.15, 0.2) is 49.3 Å². The molecule has 13 nitrogen and oxygen atoms in total. The summed E-state index contributed by atoms with van der Waals surface area (Å²) >= 11 is 0. The SMILES string of the molecule is O=P(O)(O)ON1c2cccnc2OC1N1CCC(C(CF)n2cc(-c3ncnc4[nH]ccc34)cn2)C1. The van der Waals surface area contributed by atoms with Crippen molar-refractivity contribution in [1.29, 1.82) is 0 Å². The Bertz CT molecular complexity index is 1440. The first-order valence-electron chi connectivity index (χ1n) is 11.2. The highest BCUT2D eigenvalue weighted by atomic mass is 31.2. The van der Waals surface area contributed by atoms with Crippen LogP contribution >= 0.6 is 7.82 Å². The highest BCUT2D eigenvalue weighted by Crippen LogP contribution is 2.46. The minimum Gasteiger partial charge on any atom is -0.436 e. The van der Waals surface area contributed by atoms with Crippen molar-refractivity contribution in [2.24, 2.45) is 5.92 Å². The van der Waals surface area contributed by atoms with Crippen LogP contribution < -0.4 is 9.80 Å². The zero-order chi connectivity index (χ0) is 24.9. The molecule has 15 heteroatoms. The minimum atomic E-state index is -4.87. The van der Waals surface area contributed by atoms with E-state index in [0.29, 0.717) is 36.5 Å². The summed E-state index contributed by atoms with van der Waals surface area (Å²) in [5.74, 6) is 0.0525. The van der Waals surface area contributed by atoms with E-state index in [4.69, 9.17) is 9.36 Å². The molecule has 2 aliphatic heterocycles. The van der Waals surface area contributed by atoms with E-state index in [1.165, 1.54) is 12.5 Å². The summed E-state index contributed by atoms with van der Waals surface area (Å²) in [4.78, 5) is 36.4. The molecule has 1 fully saturated rings. The van der Waals surface area contributed by atoms with Gasteiger partial charge in [-0.3, -0.25) is 4.68 Å². The summed E-state index contributed by atoms with van der Waals surface area (Å²) in [5.41, 5.74) is 2.45. The molecule has 0 bridgehead atoms. The fourth-order valence-electron chi connectivity index (χ4n) is 4.82. The average Bonchev–Trinajstić information content (AvgIpc) is 3.65. The molecule has 3 unspecified atom stereocenters. The average molecular weight is 516 g/mol. The number of hydroxylamine groups is 1. The van der Waals surface area contributed by atoms with Gasteiger partial charge in [0.1, 0.15) is 24.3 Å². The van der Waals surface area contributed by atoms with Gasteiger partial charge in [0.05, 0.1) is 17.9 Å². The molecule has 188 valence electrons. The smallest absolute Gasteiger partial charge is 0.436 e. The number of hydrogen-bond donors (Lipinski definition) is 3. The zero-order valence-corrected chi connectivity index (χ0v) is 19.6. The van der Waals surface area contributed by atoms with E-state index in [0.717, 1.165) is 16.0 Å². The Kier molecular flexibility index (Phi) is 5.69. The number of ether oxygens (including phenoxy) is 1. The van der Waals surface area contributed by atoms with Crippen molar-refractivity contribution in [2.45, 2.75) is 18.8 Å². The second kappa shape index (κ2) is 8.91. The molecule has 6 rings (SSSR count). The van der Waals surface area contributed by atoms with E-state index in [1.54, 1.807) is 35.4 Å². The van der Waals surface area contributed by atoms with Gasteiger partial charge in [0.2, 0.25) is 5.88 Å². The van der Waals surface area contributed by atoms with Gasteiger partial charge < -0.3 is 19.5 Å². The van der Waals surface area contributed by atoms with Crippen molar-refractivity contribution in [3.8, 4) is 17.1 Å². The monoisotopic (exact) mass is 516 g/mol.